The summed E-state index contributed by atoms with van der Waals surface area (Å²) in [4.78, 5) is 21.8. The highest BCUT2D eigenvalue weighted by Crippen LogP contribution is 2.32. The Kier molecular flexibility index (Phi) is 3.49. The minimum Gasteiger partial charge on any atom is -0.423 e. The number of ether oxygens (including phenoxy) is 2. The van der Waals surface area contributed by atoms with Gasteiger partial charge in [0.05, 0.1) is 0 Å². The smallest absolute Gasteiger partial charge is 0.305 e. The number of rotatable bonds is 2. The largest absolute Gasteiger partial charge is 0.423 e. The van der Waals surface area contributed by atoms with E-state index in [1.807, 2.05) is 0 Å². The van der Waals surface area contributed by atoms with Crippen LogP contribution in [0.4, 0.5) is 0 Å². The van der Waals surface area contributed by atoms with E-state index in [1.54, 1.807) is 0 Å². The Morgan fingerprint density at radius 1 is 0.929 bits per heavy atom. The molecule has 14 heavy (non-hydrogen) atoms. The summed E-state index contributed by atoms with van der Waals surface area (Å²) in [6.45, 7) is 2.67. The fraction of sp³-hybridized carbons (Fsp3) is 0.800. The summed E-state index contributed by atoms with van der Waals surface area (Å²) in [6.07, 6.45) is 4.20. The monoisotopic (exact) mass is 200 g/mol. The highest BCUT2D eigenvalue weighted by molar-refractivity contribution is 5.68. The van der Waals surface area contributed by atoms with Gasteiger partial charge in [0, 0.05) is 26.7 Å². The second kappa shape index (κ2) is 4.44. The van der Waals surface area contributed by atoms with Gasteiger partial charge in [-0.25, -0.2) is 0 Å². The van der Waals surface area contributed by atoms with Gasteiger partial charge < -0.3 is 9.47 Å². The molecule has 0 aromatic heterocycles. The first-order valence-electron chi connectivity index (χ1n) is 4.93. The second-order valence-electron chi connectivity index (χ2n) is 3.66. The molecule has 0 atom stereocenters. The fourth-order valence-electron chi connectivity index (χ4n) is 1.84. The standard InChI is InChI=1S/C10H16O4/c1-8(11)13-10(14-9(2)12)6-4-3-5-7-10/h3-7H2,1-2H3. The maximum Gasteiger partial charge on any atom is 0.305 e. The van der Waals surface area contributed by atoms with Gasteiger partial charge >= 0.3 is 11.9 Å². The summed E-state index contributed by atoms with van der Waals surface area (Å²) < 4.78 is 10.2. The third kappa shape index (κ3) is 3.01. The van der Waals surface area contributed by atoms with Crippen molar-refractivity contribution in [1.82, 2.24) is 0 Å². The van der Waals surface area contributed by atoms with E-state index < -0.39 is 17.7 Å². The van der Waals surface area contributed by atoms with E-state index in [-0.39, 0.29) is 0 Å². The molecule has 80 valence electrons. The van der Waals surface area contributed by atoms with Crippen molar-refractivity contribution in [3.8, 4) is 0 Å². The molecule has 1 rings (SSSR count). The van der Waals surface area contributed by atoms with Gasteiger partial charge in [-0.05, 0) is 12.8 Å². The van der Waals surface area contributed by atoms with Gasteiger partial charge in [0.25, 0.3) is 5.79 Å². The van der Waals surface area contributed by atoms with Crippen LogP contribution in [0.15, 0.2) is 0 Å². The van der Waals surface area contributed by atoms with Crippen molar-refractivity contribution in [1.29, 1.82) is 0 Å². The first-order valence-corrected chi connectivity index (χ1v) is 4.93. The summed E-state index contributed by atoms with van der Waals surface area (Å²) in [5.74, 6) is -1.77. The second-order valence-corrected chi connectivity index (χ2v) is 3.66. The molecule has 0 spiro atoms. The summed E-state index contributed by atoms with van der Waals surface area (Å²) >= 11 is 0. The van der Waals surface area contributed by atoms with Crippen LogP contribution in [0.3, 0.4) is 0 Å². The lowest BCUT2D eigenvalue weighted by Gasteiger charge is -2.34. The van der Waals surface area contributed by atoms with Gasteiger partial charge in [-0.1, -0.05) is 6.42 Å². The zero-order valence-electron chi connectivity index (χ0n) is 8.67. The number of carbonyl (C=O) groups is 2. The third-order valence-electron chi connectivity index (χ3n) is 2.27. The quantitative estimate of drug-likeness (QED) is 0.503. The number of hydrogen-bond acceptors (Lipinski definition) is 4. The number of esters is 2. The molecule has 0 bridgehead atoms. The predicted molar refractivity (Wildman–Crippen MR) is 49.3 cm³/mol. The molecule has 0 unspecified atom stereocenters. The van der Waals surface area contributed by atoms with E-state index in [1.165, 1.54) is 13.8 Å². The minimum atomic E-state index is -0.976. The Morgan fingerprint density at radius 3 is 1.71 bits per heavy atom. The molecule has 1 aliphatic carbocycles. The Labute approximate surface area is 83.6 Å². The van der Waals surface area contributed by atoms with Crippen LogP contribution in [0.1, 0.15) is 46.0 Å². The Hall–Kier alpha value is -1.06. The summed E-state index contributed by atoms with van der Waals surface area (Å²) in [5.41, 5.74) is 0. The van der Waals surface area contributed by atoms with E-state index in [2.05, 4.69) is 0 Å². The lowest BCUT2D eigenvalue weighted by Crippen LogP contribution is -2.40. The van der Waals surface area contributed by atoms with Crippen LogP contribution in [-0.2, 0) is 19.1 Å². The zero-order valence-corrected chi connectivity index (χ0v) is 8.67. The van der Waals surface area contributed by atoms with Crippen molar-refractivity contribution in [2.45, 2.75) is 51.7 Å². The minimum absolute atomic E-state index is 0.395. The topological polar surface area (TPSA) is 52.6 Å². The SMILES string of the molecule is CC(=O)OC1(OC(C)=O)CCCCC1. The summed E-state index contributed by atoms with van der Waals surface area (Å²) in [6, 6.07) is 0. The van der Waals surface area contributed by atoms with Gasteiger partial charge in [-0.3, -0.25) is 9.59 Å². The van der Waals surface area contributed by atoms with Crippen LogP contribution >= 0.6 is 0 Å². The van der Waals surface area contributed by atoms with Crippen LogP contribution < -0.4 is 0 Å². The van der Waals surface area contributed by atoms with Gasteiger partial charge in [-0.15, -0.1) is 0 Å². The number of carbonyl (C=O) groups excluding carboxylic acids is 2. The molecule has 1 saturated carbocycles. The molecule has 0 amide bonds. The molecule has 1 fully saturated rings. The first kappa shape index (κ1) is 11.0. The summed E-state index contributed by atoms with van der Waals surface area (Å²) in [7, 11) is 0. The van der Waals surface area contributed by atoms with Crippen LogP contribution in [0.25, 0.3) is 0 Å². The van der Waals surface area contributed by atoms with Gasteiger partial charge in [0.1, 0.15) is 0 Å². The van der Waals surface area contributed by atoms with Crippen molar-refractivity contribution >= 4 is 11.9 Å². The van der Waals surface area contributed by atoms with Crippen LogP contribution in [0, 0.1) is 0 Å². The van der Waals surface area contributed by atoms with E-state index >= 15 is 0 Å². The van der Waals surface area contributed by atoms with Crippen LogP contribution in [0.2, 0.25) is 0 Å². The lowest BCUT2D eigenvalue weighted by atomic mass is 9.94. The average Bonchev–Trinajstić information content (AvgIpc) is 2.01. The van der Waals surface area contributed by atoms with Gasteiger partial charge in [0.15, 0.2) is 0 Å². The molecule has 4 heteroatoms. The van der Waals surface area contributed by atoms with Crippen molar-refractivity contribution < 1.29 is 19.1 Å². The van der Waals surface area contributed by atoms with Crippen LogP contribution in [-0.4, -0.2) is 17.7 Å². The van der Waals surface area contributed by atoms with Gasteiger partial charge in [-0.2, -0.15) is 0 Å². The highest BCUT2D eigenvalue weighted by Gasteiger charge is 2.38. The number of hydrogen-bond donors (Lipinski definition) is 0. The molecule has 1 aliphatic rings. The predicted octanol–water partition coefficient (Wildman–Crippen LogP) is 1.77. The van der Waals surface area contributed by atoms with E-state index in [9.17, 15) is 9.59 Å². The maximum atomic E-state index is 10.9. The van der Waals surface area contributed by atoms with E-state index in [0.29, 0.717) is 12.8 Å². The molecule has 0 N–H and O–H groups in total. The molecule has 0 aromatic carbocycles. The molecule has 0 aliphatic heterocycles. The molecular weight excluding hydrogens is 184 g/mol. The highest BCUT2D eigenvalue weighted by atomic mass is 16.7. The average molecular weight is 200 g/mol. The Balaban J connectivity index is 2.66. The van der Waals surface area contributed by atoms with Crippen molar-refractivity contribution in [2.24, 2.45) is 0 Å². The van der Waals surface area contributed by atoms with E-state index in [0.717, 1.165) is 19.3 Å². The Bertz CT molecular complexity index is 210. The van der Waals surface area contributed by atoms with Gasteiger partial charge in [0.2, 0.25) is 0 Å². The molecule has 0 heterocycles. The molecular formula is C10H16O4. The molecule has 0 saturated heterocycles. The van der Waals surface area contributed by atoms with Crippen molar-refractivity contribution in [3.63, 3.8) is 0 Å². The maximum absolute atomic E-state index is 10.9. The summed E-state index contributed by atoms with van der Waals surface area (Å²) in [5, 5.41) is 0. The van der Waals surface area contributed by atoms with Crippen molar-refractivity contribution in [2.75, 3.05) is 0 Å². The Morgan fingerprint density at radius 2 is 1.36 bits per heavy atom. The first-order chi connectivity index (χ1) is 6.54. The fourth-order valence-corrected chi connectivity index (χ4v) is 1.84. The molecule has 0 aromatic rings. The van der Waals surface area contributed by atoms with E-state index in [4.69, 9.17) is 9.47 Å². The van der Waals surface area contributed by atoms with Crippen LogP contribution in [0.5, 0.6) is 0 Å². The van der Waals surface area contributed by atoms with Crippen molar-refractivity contribution in [3.05, 3.63) is 0 Å². The molecule has 0 radical (unpaired) electrons. The zero-order chi connectivity index (χ0) is 10.6. The lowest BCUT2D eigenvalue weighted by molar-refractivity contribution is -0.235. The third-order valence-corrected chi connectivity index (χ3v) is 2.27. The normalized spacial score (nSPS) is 19.9. The molecule has 4 nitrogen and oxygen atoms in total.